The summed E-state index contributed by atoms with van der Waals surface area (Å²) in [6, 6.07) is 176. The van der Waals surface area contributed by atoms with Crippen LogP contribution in [-0.2, 0) is 16.2 Å². The lowest BCUT2D eigenvalue weighted by Gasteiger charge is -2.24. The summed E-state index contributed by atoms with van der Waals surface area (Å²) in [5, 5.41) is 15.5. The molecule has 0 atom stereocenters. The predicted molar refractivity (Wildman–Crippen MR) is 623 cm³/mol. The lowest BCUT2D eigenvalue weighted by Crippen LogP contribution is -2.16. The first-order valence-electron chi connectivity index (χ1n) is 51.8. The number of pyridine rings is 1. The molecule has 3 aliphatic rings. The van der Waals surface area contributed by atoms with Crippen LogP contribution in [0.1, 0.15) is 74.9 Å². The summed E-state index contributed by atoms with van der Waals surface area (Å²) >= 11 is 0. The molecule has 0 bridgehead atoms. The molecule has 3 aliphatic carbocycles. The van der Waals surface area contributed by atoms with Crippen LogP contribution >= 0.6 is 0 Å². The highest BCUT2D eigenvalue weighted by atomic mass is 15.0. The summed E-state index contributed by atoms with van der Waals surface area (Å²) in [5.41, 5.74) is 40.6. The minimum absolute atomic E-state index is 0.182. The van der Waals surface area contributed by atoms with Crippen molar-refractivity contribution in [2.75, 3.05) is 0 Å². The minimum atomic E-state index is -0.207. The molecule has 9 nitrogen and oxygen atoms in total. The fourth-order valence-corrected chi connectivity index (χ4v) is 25.0. The first kappa shape index (κ1) is 88.7. The zero-order chi connectivity index (χ0) is 100. The largest absolute Gasteiger partial charge is 0.309 e. The van der Waals surface area contributed by atoms with Crippen LogP contribution < -0.4 is 0 Å². The molecule has 27 aromatic rings. The summed E-state index contributed by atoms with van der Waals surface area (Å²) in [4.78, 5) is 30.6. The summed E-state index contributed by atoms with van der Waals surface area (Å²) < 4.78 is 7.50. The third-order valence-corrected chi connectivity index (χ3v) is 31.7. The van der Waals surface area contributed by atoms with E-state index in [0.717, 1.165) is 95.5 Å². The van der Waals surface area contributed by atoms with E-state index in [1.165, 1.54) is 164 Å². The Bertz CT molecular complexity index is 9070. The number of nitrogens with zero attached hydrogens (tertiary/aromatic N) is 9. The molecule has 0 aliphatic heterocycles. The fourth-order valence-electron chi connectivity index (χ4n) is 25.0. The molecule has 0 unspecified atom stereocenters. The number of para-hydroxylation sites is 3. The van der Waals surface area contributed by atoms with Crippen molar-refractivity contribution in [3.63, 3.8) is 0 Å². The van der Waals surface area contributed by atoms with Crippen LogP contribution in [0.5, 0.6) is 0 Å². The smallest absolute Gasteiger partial charge is 0.164 e. The third-order valence-electron chi connectivity index (χ3n) is 31.7. The zero-order valence-electron chi connectivity index (χ0n) is 83.8. The van der Waals surface area contributed by atoms with E-state index >= 15 is 0 Å². The molecule has 30 rings (SSSR count). The molecule has 150 heavy (non-hydrogen) atoms. The summed E-state index contributed by atoms with van der Waals surface area (Å²) in [7, 11) is 0. The zero-order valence-corrected chi connectivity index (χ0v) is 83.8. The van der Waals surface area contributed by atoms with E-state index in [4.69, 9.17) is 29.9 Å². The number of hydrogen-bond acceptors (Lipinski definition) is 6. The minimum Gasteiger partial charge on any atom is -0.309 e. The van der Waals surface area contributed by atoms with Gasteiger partial charge in [-0.3, -0.25) is 0 Å². The summed E-state index contributed by atoms with van der Waals surface area (Å²) in [6.07, 6.45) is 0. The van der Waals surface area contributed by atoms with Crippen molar-refractivity contribution < 1.29 is 0 Å². The standard InChI is InChI=1S/C48H34N2.C47H33N3.C46H32N4/c1-48(2)40-26-13-11-24-38(40)44-36-22-9-10-23-37(36)45-39-25-12-14-27-43(39)50(47(45)46(44)48)35-21-15-20-33(28-35)34-29-41(31-16-5-3-6-17-31)49-42(30-34)32-18-7-4-8-19-32;1-47(2)38-26-13-11-24-36(38)42-34-22-9-10-23-35(34)43-37-25-12-14-27-41(37)50(45(43)44(42)47)33-21-15-20-32(28-33)46-48-39(30-16-5-3-6-17-30)29-40(49-46)31-18-7-4-8-19-31;1-46(2)37-26-13-11-24-35(37)39-33-22-9-10-23-34(33)40-36-25-12-14-27-38(36)50(42(40)41(39)46)32-21-15-20-31(28-32)45-48-43(29-16-5-3-6-17-29)47-44(49-45)30-18-7-4-8-19-30/h3-30H,1-2H3;3-29H,1-2H3;3-28H,1-2H3. The summed E-state index contributed by atoms with van der Waals surface area (Å²) in [6.45, 7) is 14.3. The highest BCUT2D eigenvalue weighted by Gasteiger charge is 2.44. The Hall–Kier alpha value is -19.0. The van der Waals surface area contributed by atoms with E-state index in [0.29, 0.717) is 23.3 Å². The first-order chi connectivity index (χ1) is 73.7. The maximum Gasteiger partial charge on any atom is 0.164 e. The van der Waals surface area contributed by atoms with Crippen LogP contribution in [-0.4, -0.2) is 43.6 Å². The van der Waals surface area contributed by atoms with Gasteiger partial charge < -0.3 is 13.7 Å². The molecule has 708 valence electrons. The number of aromatic nitrogens is 9. The van der Waals surface area contributed by atoms with E-state index in [2.05, 4.69) is 474 Å². The second-order valence-corrected chi connectivity index (χ2v) is 41.4. The van der Waals surface area contributed by atoms with Gasteiger partial charge in [0.25, 0.3) is 0 Å². The fraction of sp³-hybridized carbons (Fsp3) is 0.0638. The van der Waals surface area contributed by atoms with Crippen molar-refractivity contribution >= 4 is 97.7 Å². The second-order valence-electron chi connectivity index (χ2n) is 41.4. The molecule has 0 saturated heterocycles. The topological polar surface area (TPSA) is 92.1 Å². The molecule has 21 aromatic carbocycles. The molecule has 0 saturated carbocycles. The second kappa shape index (κ2) is 35.2. The van der Waals surface area contributed by atoms with E-state index in [1.54, 1.807) is 0 Å². The lowest BCUT2D eigenvalue weighted by molar-refractivity contribution is 0.664. The van der Waals surface area contributed by atoms with Gasteiger partial charge in [-0.1, -0.05) is 460 Å². The van der Waals surface area contributed by atoms with Gasteiger partial charge in [0.05, 0.1) is 55.9 Å². The predicted octanol–water partition coefficient (Wildman–Crippen LogP) is 36.1. The Morgan fingerprint density at radius 2 is 0.400 bits per heavy atom. The molecule has 6 aromatic heterocycles. The highest BCUT2D eigenvalue weighted by Crippen LogP contribution is 2.61. The van der Waals surface area contributed by atoms with Crippen LogP contribution in [0.15, 0.2) is 491 Å². The van der Waals surface area contributed by atoms with Crippen molar-refractivity contribution in [1.29, 1.82) is 0 Å². The van der Waals surface area contributed by atoms with E-state index in [9.17, 15) is 0 Å². The number of benzene rings is 21. The molecule has 0 amide bonds. The van der Waals surface area contributed by atoms with Crippen molar-refractivity contribution in [3.05, 3.63) is 525 Å². The van der Waals surface area contributed by atoms with Gasteiger partial charge in [-0.2, -0.15) is 0 Å². The Morgan fingerprint density at radius 3 is 0.720 bits per heavy atom. The molecule has 9 heteroatoms. The number of hydrogen-bond donors (Lipinski definition) is 0. The lowest BCUT2D eigenvalue weighted by atomic mass is 9.80. The molecule has 0 radical (unpaired) electrons. The Morgan fingerprint density at radius 1 is 0.167 bits per heavy atom. The molecule has 0 spiro atoms. The average molecular weight is 1920 g/mol. The van der Waals surface area contributed by atoms with Gasteiger partial charge in [0.15, 0.2) is 23.3 Å². The Labute approximate surface area is 869 Å². The van der Waals surface area contributed by atoms with Crippen LogP contribution in [0.4, 0.5) is 0 Å². The van der Waals surface area contributed by atoms with Crippen LogP contribution in [0.2, 0.25) is 0 Å². The monoisotopic (exact) mass is 1920 g/mol. The average Bonchev–Trinajstić information content (AvgIpc) is 1.52. The van der Waals surface area contributed by atoms with Crippen LogP contribution in [0.3, 0.4) is 0 Å². The van der Waals surface area contributed by atoms with Crippen molar-refractivity contribution in [1.82, 2.24) is 43.6 Å². The highest BCUT2D eigenvalue weighted by molar-refractivity contribution is 6.30. The van der Waals surface area contributed by atoms with Gasteiger partial charge in [-0.05, 0) is 183 Å². The van der Waals surface area contributed by atoms with Gasteiger partial charge in [-0.15, -0.1) is 0 Å². The first-order valence-corrected chi connectivity index (χ1v) is 51.8. The third kappa shape index (κ3) is 14.2. The Balaban J connectivity index is 0.000000108. The van der Waals surface area contributed by atoms with Crippen LogP contribution in [0.25, 0.3) is 250 Å². The van der Waals surface area contributed by atoms with Gasteiger partial charge in [0.1, 0.15) is 0 Å². The summed E-state index contributed by atoms with van der Waals surface area (Å²) in [5.74, 6) is 2.65. The van der Waals surface area contributed by atoms with Gasteiger partial charge in [0, 0.05) is 110 Å². The van der Waals surface area contributed by atoms with Crippen molar-refractivity contribution in [2.45, 2.75) is 57.8 Å². The molecule has 6 heterocycles. The Kier molecular flexibility index (Phi) is 20.8. The van der Waals surface area contributed by atoms with Gasteiger partial charge >= 0.3 is 0 Å². The number of rotatable bonds is 12. The molecule has 0 N–H and O–H groups in total. The maximum absolute atomic E-state index is 5.18. The quantitative estimate of drug-likeness (QED) is 0.121. The van der Waals surface area contributed by atoms with E-state index < -0.39 is 0 Å². The van der Waals surface area contributed by atoms with Crippen LogP contribution in [0, 0.1) is 0 Å². The van der Waals surface area contributed by atoms with Crippen molar-refractivity contribution in [3.8, 4) is 152 Å². The van der Waals surface area contributed by atoms with Crippen molar-refractivity contribution in [2.24, 2.45) is 0 Å². The molecule has 0 fully saturated rings. The molecular weight excluding hydrogens is 1820 g/mol. The van der Waals surface area contributed by atoms with Gasteiger partial charge in [-0.25, -0.2) is 29.9 Å². The maximum atomic E-state index is 5.18. The van der Waals surface area contributed by atoms with E-state index in [-0.39, 0.29) is 16.2 Å². The van der Waals surface area contributed by atoms with Gasteiger partial charge in [0.2, 0.25) is 0 Å². The van der Waals surface area contributed by atoms with E-state index in [1.807, 2.05) is 72.8 Å². The SMILES string of the molecule is CC1(C)c2ccccc2-c2c1c1c(c3ccccc23)c2ccccc2n1-c1cccc(-c2cc(-c3ccccc3)nc(-c3ccccc3)c2)c1.CC1(C)c2ccccc2-c2c1c1c(c3ccccc23)c2ccccc2n1-c1cccc(-c2nc(-c3ccccc3)cc(-c3ccccc3)n2)c1.CC1(C)c2ccccc2-c2c1c1c(c3ccccc23)c2ccccc2n1-c1cccc(-c2nc(-c3ccccc3)nc(-c3ccccc3)n2)c1. The normalized spacial score (nSPS) is 13.2. The molecular formula is C141H99N9. The number of fused-ring (bicyclic) bond motifs is 30.